The first-order chi connectivity index (χ1) is 7.90. The van der Waals surface area contributed by atoms with Gasteiger partial charge in [0.1, 0.15) is 0 Å². The summed E-state index contributed by atoms with van der Waals surface area (Å²) in [5, 5.41) is 12.8. The highest BCUT2D eigenvalue weighted by molar-refractivity contribution is 4.96. The lowest BCUT2D eigenvalue weighted by Crippen LogP contribution is -2.06. The Morgan fingerprint density at radius 1 is 1.19 bits per heavy atom. The number of aryl methyl sites for hydroxylation is 1. The lowest BCUT2D eigenvalue weighted by Gasteiger charge is -2.17. The fourth-order valence-corrected chi connectivity index (χ4v) is 2.28. The van der Waals surface area contributed by atoms with Crippen LogP contribution in [0.3, 0.4) is 0 Å². The van der Waals surface area contributed by atoms with Crippen LogP contribution in [0.25, 0.3) is 0 Å². The van der Waals surface area contributed by atoms with E-state index in [0.29, 0.717) is 5.92 Å². The van der Waals surface area contributed by atoms with Crippen LogP contribution < -0.4 is 0 Å². The van der Waals surface area contributed by atoms with Crippen LogP contribution in [0.15, 0.2) is 4.52 Å². The first kappa shape index (κ1) is 11.6. The van der Waals surface area contributed by atoms with Crippen molar-refractivity contribution in [3.63, 3.8) is 0 Å². The zero-order chi connectivity index (χ0) is 11.2. The van der Waals surface area contributed by atoms with Crippen molar-refractivity contribution in [1.29, 1.82) is 0 Å². The number of nitrogens with zero attached hydrogens (tertiary/aromatic N) is 2. The summed E-state index contributed by atoms with van der Waals surface area (Å²) in [6.07, 6.45) is 8.85. The first-order valence-corrected chi connectivity index (χ1v) is 6.33. The highest BCUT2D eigenvalue weighted by Crippen LogP contribution is 2.30. The van der Waals surface area contributed by atoms with E-state index in [0.717, 1.165) is 31.0 Å². The standard InChI is InChI=1S/C12H20N2O2/c15-9-5-4-8-11-13-12(14-16-11)10-6-2-1-3-7-10/h10,15H,1-9H2. The number of unbranched alkanes of at least 4 members (excludes halogenated alkanes) is 1. The molecule has 1 aliphatic carbocycles. The van der Waals surface area contributed by atoms with Gasteiger partial charge in [-0.2, -0.15) is 4.98 Å². The maximum atomic E-state index is 8.69. The van der Waals surface area contributed by atoms with Crippen LogP contribution in [-0.4, -0.2) is 21.9 Å². The predicted octanol–water partition coefficient (Wildman–Crippen LogP) is 2.43. The molecule has 0 saturated heterocycles. The molecule has 0 amide bonds. The highest BCUT2D eigenvalue weighted by atomic mass is 16.5. The van der Waals surface area contributed by atoms with Crippen LogP contribution in [0.5, 0.6) is 0 Å². The molecule has 0 aromatic carbocycles. The van der Waals surface area contributed by atoms with E-state index in [4.69, 9.17) is 9.63 Å². The Bertz CT molecular complexity index is 306. The quantitative estimate of drug-likeness (QED) is 0.780. The van der Waals surface area contributed by atoms with Crippen molar-refractivity contribution in [2.45, 2.75) is 57.3 Å². The Kier molecular flexibility index (Phi) is 4.34. The summed E-state index contributed by atoms with van der Waals surface area (Å²) in [6.45, 7) is 0.240. The van der Waals surface area contributed by atoms with Crippen LogP contribution in [0, 0.1) is 0 Å². The predicted molar refractivity (Wildman–Crippen MR) is 60.1 cm³/mol. The summed E-state index contributed by atoms with van der Waals surface area (Å²) >= 11 is 0. The molecule has 1 aromatic rings. The van der Waals surface area contributed by atoms with Gasteiger partial charge in [-0.15, -0.1) is 0 Å². The van der Waals surface area contributed by atoms with Crippen molar-refractivity contribution in [2.75, 3.05) is 6.61 Å². The Morgan fingerprint density at radius 2 is 2.00 bits per heavy atom. The smallest absolute Gasteiger partial charge is 0.226 e. The van der Waals surface area contributed by atoms with E-state index in [-0.39, 0.29) is 6.61 Å². The van der Waals surface area contributed by atoms with Gasteiger partial charge < -0.3 is 9.63 Å². The van der Waals surface area contributed by atoms with Gasteiger partial charge in [0.2, 0.25) is 5.89 Å². The topological polar surface area (TPSA) is 59.2 Å². The minimum Gasteiger partial charge on any atom is -0.396 e. The van der Waals surface area contributed by atoms with Gasteiger partial charge in [-0.25, -0.2) is 0 Å². The Hall–Kier alpha value is -0.900. The van der Waals surface area contributed by atoms with Gasteiger partial charge in [-0.3, -0.25) is 0 Å². The molecule has 1 saturated carbocycles. The van der Waals surface area contributed by atoms with E-state index in [1.165, 1.54) is 32.1 Å². The van der Waals surface area contributed by atoms with E-state index in [2.05, 4.69) is 10.1 Å². The lowest BCUT2D eigenvalue weighted by molar-refractivity contribution is 0.280. The van der Waals surface area contributed by atoms with Crippen molar-refractivity contribution in [1.82, 2.24) is 10.1 Å². The molecular weight excluding hydrogens is 204 g/mol. The third-order valence-electron chi connectivity index (χ3n) is 3.25. The number of hydrogen-bond donors (Lipinski definition) is 1. The molecule has 90 valence electrons. The average Bonchev–Trinajstić information content (AvgIpc) is 2.79. The largest absolute Gasteiger partial charge is 0.396 e. The highest BCUT2D eigenvalue weighted by Gasteiger charge is 2.20. The molecule has 16 heavy (non-hydrogen) atoms. The molecule has 1 N–H and O–H groups in total. The molecule has 1 heterocycles. The molecule has 0 bridgehead atoms. The van der Waals surface area contributed by atoms with Crippen LogP contribution in [0.2, 0.25) is 0 Å². The summed E-state index contributed by atoms with van der Waals surface area (Å²) in [5.74, 6) is 2.15. The van der Waals surface area contributed by atoms with E-state index in [9.17, 15) is 0 Å². The molecule has 2 rings (SSSR count). The van der Waals surface area contributed by atoms with E-state index in [1.807, 2.05) is 0 Å². The third-order valence-corrected chi connectivity index (χ3v) is 3.25. The fourth-order valence-electron chi connectivity index (χ4n) is 2.28. The van der Waals surface area contributed by atoms with Gasteiger partial charge >= 0.3 is 0 Å². The average molecular weight is 224 g/mol. The summed E-state index contributed by atoms with van der Waals surface area (Å²) in [6, 6.07) is 0. The normalized spacial score (nSPS) is 17.8. The van der Waals surface area contributed by atoms with Crippen LogP contribution in [0.4, 0.5) is 0 Å². The van der Waals surface area contributed by atoms with Gasteiger partial charge in [0.15, 0.2) is 5.82 Å². The van der Waals surface area contributed by atoms with E-state index < -0.39 is 0 Å². The summed E-state index contributed by atoms with van der Waals surface area (Å²) in [4.78, 5) is 4.45. The summed E-state index contributed by atoms with van der Waals surface area (Å²) in [7, 11) is 0. The molecule has 0 spiro atoms. The second kappa shape index (κ2) is 5.99. The molecule has 0 aliphatic heterocycles. The number of aliphatic hydroxyl groups excluding tert-OH is 1. The number of rotatable bonds is 5. The van der Waals surface area contributed by atoms with Crippen molar-refractivity contribution in [3.8, 4) is 0 Å². The summed E-state index contributed by atoms with van der Waals surface area (Å²) < 4.78 is 5.22. The van der Waals surface area contributed by atoms with Gasteiger partial charge in [-0.1, -0.05) is 24.4 Å². The number of aromatic nitrogens is 2. The molecule has 4 nitrogen and oxygen atoms in total. The minimum absolute atomic E-state index is 0.240. The molecule has 0 unspecified atom stereocenters. The molecule has 4 heteroatoms. The first-order valence-electron chi connectivity index (χ1n) is 6.33. The fraction of sp³-hybridized carbons (Fsp3) is 0.833. The van der Waals surface area contributed by atoms with E-state index >= 15 is 0 Å². The Labute approximate surface area is 96.1 Å². The molecule has 1 aliphatic rings. The van der Waals surface area contributed by atoms with Crippen LogP contribution in [0.1, 0.15) is 62.6 Å². The van der Waals surface area contributed by atoms with Gasteiger partial charge in [0.25, 0.3) is 0 Å². The third kappa shape index (κ3) is 3.04. The Balaban J connectivity index is 1.85. The zero-order valence-corrected chi connectivity index (χ0v) is 9.69. The lowest BCUT2D eigenvalue weighted by atomic mass is 9.89. The molecule has 0 radical (unpaired) electrons. The number of hydrogen-bond acceptors (Lipinski definition) is 4. The second-order valence-electron chi connectivity index (χ2n) is 4.56. The summed E-state index contributed by atoms with van der Waals surface area (Å²) in [5.41, 5.74) is 0. The second-order valence-corrected chi connectivity index (χ2v) is 4.56. The minimum atomic E-state index is 0.240. The molecule has 1 aromatic heterocycles. The van der Waals surface area contributed by atoms with Crippen LogP contribution >= 0.6 is 0 Å². The van der Waals surface area contributed by atoms with Crippen molar-refractivity contribution < 1.29 is 9.63 Å². The van der Waals surface area contributed by atoms with Crippen LogP contribution in [-0.2, 0) is 6.42 Å². The molecule has 0 atom stereocenters. The SMILES string of the molecule is OCCCCc1nc(C2CCCCC2)no1. The van der Waals surface area contributed by atoms with Gasteiger partial charge in [-0.05, 0) is 25.7 Å². The number of aliphatic hydroxyl groups is 1. The molecule has 1 fully saturated rings. The van der Waals surface area contributed by atoms with Crippen molar-refractivity contribution >= 4 is 0 Å². The molecular formula is C12H20N2O2. The van der Waals surface area contributed by atoms with Gasteiger partial charge in [0.05, 0.1) is 0 Å². The maximum Gasteiger partial charge on any atom is 0.226 e. The van der Waals surface area contributed by atoms with Gasteiger partial charge in [0, 0.05) is 18.9 Å². The zero-order valence-electron chi connectivity index (χ0n) is 9.69. The Morgan fingerprint density at radius 3 is 2.75 bits per heavy atom. The monoisotopic (exact) mass is 224 g/mol. The van der Waals surface area contributed by atoms with Crippen molar-refractivity contribution in [3.05, 3.63) is 11.7 Å². The van der Waals surface area contributed by atoms with E-state index in [1.54, 1.807) is 0 Å². The van der Waals surface area contributed by atoms with Crippen molar-refractivity contribution in [2.24, 2.45) is 0 Å². The maximum absolute atomic E-state index is 8.69.